The zero-order valence-corrected chi connectivity index (χ0v) is 9.82. The van der Waals surface area contributed by atoms with Gasteiger partial charge >= 0.3 is 5.97 Å². The van der Waals surface area contributed by atoms with E-state index in [1.807, 2.05) is 0 Å². The number of hydrogen-bond donors (Lipinski definition) is 0. The Bertz CT molecular complexity index is 310. The van der Waals surface area contributed by atoms with Crippen LogP contribution in [0.25, 0.3) is 0 Å². The second kappa shape index (κ2) is 5.29. The maximum absolute atomic E-state index is 12.8. The van der Waals surface area contributed by atoms with E-state index in [9.17, 15) is 9.18 Å². The summed E-state index contributed by atoms with van der Waals surface area (Å²) in [4.78, 5) is 11.0. The van der Waals surface area contributed by atoms with Crippen LogP contribution in [0.15, 0.2) is 24.3 Å². The lowest BCUT2D eigenvalue weighted by atomic mass is 10.3. The van der Waals surface area contributed by atoms with Gasteiger partial charge in [-0.05, 0) is 53.3 Å². The zero-order chi connectivity index (χ0) is 10.6. The Balaban J connectivity index is 2.60. The van der Waals surface area contributed by atoms with Gasteiger partial charge in [0.15, 0.2) is 6.17 Å². The molecule has 0 amide bonds. The normalized spacial score (nSPS) is 12.2. The molecule has 0 bridgehead atoms. The van der Waals surface area contributed by atoms with E-state index < -0.39 is 12.1 Å². The molecule has 0 spiro atoms. The standard InChI is InChI=1S/C10H10FIO2/c1-2-9(11)10(13)14-8-5-3-7(12)4-6-8/h3-6,9H,2H2,1H3. The van der Waals surface area contributed by atoms with Crippen LogP contribution in [0, 0.1) is 3.57 Å². The minimum Gasteiger partial charge on any atom is -0.424 e. The largest absolute Gasteiger partial charge is 0.424 e. The molecular weight excluding hydrogens is 298 g/mol. The van der Waals surface area contributed by atoms with Gasteiger partial charge in [0.2, 0.25) is 0 Å². The van der Waals surface area contributed by atoms with Crippen molar-refractivity contribution in [1.29, 1.82) is 0 Å². The minimum atomic E-state index is -1.53. The highest BCUT2D eigenvalue weighted by Gasteiger charge is 2.16. The highest BCUT2D eigenvalue weighted by molar-refractivity contribution is 14.1. The number of halogens is 2. The summed E-state index contributed by atoms with van der Waals surface area (Å²) in [6.07, 6.45) is -1.39. The molecule has 0 heterocycles. The number of ether oxygens (including phenoxy) is 1. The minimum absolute atomic E-state index is 0.142. The van der Waals surface area contributed by atoms with Crippen molar-refractivity contribution in [2.45, 2.75) is 19.5 Å². The first-order valence-electron chi connectivity index (χ1n) is 4.24. The molecule has 1 aromatic rings. The summed E-state index contributed by atoms with van der Waals surface area (Å²) in [7, 11) is 0. The van der Waals surface area contributed by atoms with Crippen molar-refractivity contribution in [3.8, 4) is 5.75 Å². The lowest BCUT2D eigenvalue weighted by Gasteiger charge is -2.06. The molecule has 76 valence electrons. The number of carbonyl (C=O) groups excluding carboxylic acids is 1. The smallest absolute Gasteiger partial charge is 0.346 e. The van der Waals surface area contributed by atoms with Crippen molar-refractivity contribution in [2.24, 2.45) is 0 Å². The van der Waals surface area contributed by atoms with E-state index in [-0.39, 0.29) is 6.42 Å². The van der Waals surface area contributed by atoms with E-state index in [2.05, 4.69) is 22.6 Å². The lowest BCUT2D eigenvalue weighted by molar-refractivity contribution is -0.140. The monoisotopic (exact) mass is 308 g/mol. The number of carbonyl (C=O) groups is 1. The van der Waals surface area contributed by atoms with E-state index in [4.69, 9.17) is 4.74 Å². The predicted octanol–water partition coefficient (Wildman–Crippen LogP) is 2.94. The molecule has 2 nitrogen and oxygen atoms in total. The van der Waals surface area contributed by atoms with Crippen LogP contribution < -0.4 is 4.74 Å². The van der Waals surface area contributed by atoms with Crippen LogP contribution in [0.1, 0.15) is 13.3 Å². The molecule has 1 atom stereocenters. The molecule has 0 aliphatic carbocycles. The molecule has 0 saturated carbocycles. The highest BCUT2D eigenvalue weighted by atomic mass is 127. The van der Waals surface area contributed by atoms with Gasteiger partial charge in [0, 0.05) is 3.57 Å². The van der Waals surface area contributed by atoms with Crippen LogP contribution in [0.5, 0.6) is 5.75 Å². The molecule has 0 fully saturated rings. The van der Waals surface area contributed by atoms with Crippen molar-refractivity contribution in [2.75, 3.05) is 0 Å². The van der Waals surface area contributed by atoms with Gasteiger partial charge in [-0.3, -0.25) is 0 Å². The van der Waals surface area contributed by atoms with Crippen LogP contribution in [-0.2, 0) is 4.79 Å². The molecule has 0 N–H and O–H groups in total. The molecule has 1 rings (SSSR count). The molecule has 0 radical (unpaired) electrons. The SMILES string of the molecule is CCC(F)C(=O)Oc1ccc(I)cc1. The third-order valence-electron chi connectivity index (χ3n) is 1.65. The van der Waals surface area contributed by atoms with Crippen LogP contribution in [0.4, 0.5) is 4.39 Å². The van der Waals surface area contributed by atoms with Crippen molar-refractivity contribution in [3.63, 3.8) is 0 Å². The topological polar surface area (TPSA) is 26.3 Å². The molecule has 0 aromatic heterocycles. The van der Waals surface area contributed by atoms with Gasteiger partial charge in [-0.2, -0.15) is 0 Å². The fourth-order valence-corrected chi connectivity index (χ4v) is 1.21. The lowest BCUT2D eigenvalue weighted by Crippen LogP contribution is -2.20. The second-order valence-electron chi connectivity index (χ2n) is 2.75. The Morgan fingerprint density at radius 1 is 1.50 bits per heavy atom. The summed E-state index contributed by atoms with van der Waals surface area (Å²) in [6, 6.07) is 6.87. The van der Waals surface area contributed by atoms with E-state index in [1.165, 1.54) is 0 Å². The second-order valence-corrected chi connectivity index (χ2v) is 4.00. The average molecular weight is 308 g/mol. The van der Waals surface area contributed by atoms with Crippen LogP contribution >= 0.6 is 22.6 Å². The Labute approximate surface area is 95.6 Å². The summed E-state index contributed by atoms with van der Waals surface area (Å²) in [5.74, 6) is -0.444. The molecule has 0 aliphatic rings. The number of benzene rings is 1. The van der Waals surface area contributed by atoms with Crippen LogP contribution in [-0.4, -0.2) is 12.1 Å². The summed E-state index contributed by atoms with van der Waals surface area (Å²) in [6.45, 7) is 1.60. The quantitative estimate of drug-likeness (QED) is 0.487. The van der Waals surface area contributed by atoms with E-state index in [0.717, 1.165) is 3.57 Å². The number of rotatable bonds is 3. The van der Waals surface area contributed by atoms with Crippen LogP contribution in [0.2, 0.25) is 0 Å². The number of esters is 1. The van der Waals surface area contributed by atoms with Gasteiger partial charge in [0.25, 0.3) is 0 Å². The fourth-order valence-electron chi connectivity index (χ4n) is 0.849. The van der Waals surface area contributed by atoms with Gasteiger partial charge in [0.1, 0.15) is 5.75 Å². The van der Waals surface area contributed by atoms with Gasteiger partial charge in [0.05, 0.1) is 0 Å². The van der Waals surface area contributed by atoms with Gasteiger partial charge < -0.3 is 4.74 Å². The van der Waals surface area contributed by atoms with E-state index in [1.54, 1.807) is 31.2 Å². The molecule has 1 aromatic carbocycles. The Hall–Kier alpha value is -0.650. The Kier molecular flexibility index (Phi) is 4.31. The highest BCUT2D eigenvalue weighted by Crippen LogP contribution is 2.14. The Morgan fingerprint density at radius 3 is 2.57 bits per heavy atom. The Morgan fingerprint density at radius 2 is 2.07 bits per heavy atom. The maximum Gasteiger partial charge on any atom is 0.346 e. The van der Waals surface area contributed by atoms with Gasteiger partial charge in [-0.1, -0.05) is 6.92 Å². The zero-order valence-electron chi connectivity index (χ0n) is 7.67. The van der Waals surface area contributed by atoms with Crippen molar-refractivity contribution < 1.29 is 13.9 Å². The average Bonchev–Trinajstić information content (AvgIpc) is 2.20. The molecule has 4 heteroatoms. The fraction of sp³-hybridized carbons (Fsp3) is 0.300. The van der Waals surface area contributed by atoms with Crippen LogP contribution in [0.3, 0.4) is 0 Å². The third-order valence-corrected chi connectivity index (χ3v) is 2.37. The molecular formula is C10H10FIO2. The molecule has 0 saturated heterocycles. The molecule has 0 aliphatic heterocycles. The first-order chi connectivity index (χ1) is 6.63. The summed E-state index contributed by atoms with van der Waals surface area (Å²) in [5.41, 5.74) is 0. The van der Waals surface area contributed by atoms with E-state index in [0.29, 0.717) is 5.75 Å². The number of alkyl halides is 1. The predicted molar refractivity (Wildman–Crippen MR) is 60.0 cm³/mol. The van der Waals surface area contributed by atoms with Gasteiger partial charge in [-0.15, -0.1) is 0 Å². The summed E-state index contributed by atoms with van der Waals surface area (Å²) >= 11 is 2.14. The van der Waals surface area contributed by atoms with E-state index >= 15 is 0 Å². The van der Waals surface area contributed by atoms with Crippen molar-refractivity contribution in [3.05, 3.63) is 27.8 Å². The van der Waals surface area contributed by atoms with Gasteiger partial charge in [-0.25, -0.2) is 9.18 Å². The molecule has 14 heavy (non-hydrogen) atoms. The first kappa shape index (κ1) is 11.4. The summed E-state index contributed by atoms with van der Waals surface area (Å²) in [5, 5.41) is 0. The molecule has 1 unspecified atom stereocenters. The first-order valence-corrected chi connectivity index (χ1v) is 5.32. The third kappa shape index (κ3) is 3.25. The van der Waals surface area contributed by atoms with Crippen molar-refractivity contribution >= 4 is 28.6 Å². The summed E-state index contributed by atoms with van der Waals surface area (Å²) < 4.78 is 18.7. The van der Waals surface area contributed by atoms with Crippen molar-refractivity contribution in [1.82, 2.24) is 0 Å². The maximum atomic E-state index is 12.8. The number of hydrogen-bond acceptors (Lipinski definition) is 2.